The summed E-state index contributed by atoms with van der Waals surface area (Å²) in [5, 5.41) is 0.572. The third-order valence-electron chi connectivity index (χ3n) is 2.74. The van der Waals surface area contributed by atoms with Gasteiger partial charge in [-0.25, -0.2) is 0 Å². The minimum absolute atomic E-state index is 0.530. The van der Waals surface area contributed by atoms with Crippen LogP contribution in [0.1, 0.15) is 15.9 Å². The highest BCUT2D eigenvalue weighted by Crippen LogP contribution is 2.31. The molecule has 0 radical (unpaired) electrons. The number of carbonyl (C=O) groups is 1. The molecule has 0 saturated carbocycles. The van der Waals surface area contributed by atoms with E-state index in [4.69, 9.17) is 16.3 Å². The average molecular weight is 261 g/mol. The average Bonchev–Trinajstić information content (AvgIpc) is 2.40. The first-order valence-electron chi connectivity index (χ1n) is 5.58. The molecule has 18 heavy (non-hydrogen) atoms. The SMILES string of the molecule is COCc1ccccc1-c1ccc(C=O)cc1Cl. The van der Waals surface area contributed by atoms with Gasteiger partial charge in [0, 0.05) is 23.3 Å². The molecule has 0 atom stereocenters. The van der Waals surface area contributed by atoms with Crippen molar-refractivity contribution in [3.63, 3.8) is 0 Å². The van der Waals surface area contributed by atoms with E-state index in [1.54, 1.807) is 19.2 Å². The van der Waals surface area contributed by atoms with Crippen molar-refractivity contribution in [1.82, 2.24) is 0 Å². The third-order valence-corrected chi connectivity index (χ3v) is 3.05. The van der Waals surface area contributed by atoms with Gasteiger partial charge < -0.3 is 4.74 Å². The summed E-state index contributed by atoms with van der Waals surface area (Å²) in [7, 11) is 1.66. The molecule has 2 aromatic carbocycles. The van der Waals surface area contributed by atoms with E-state index in [2.05, 4.69) is 0 Å². The monoisotopic (exact) mass is 260 g/mol. The smallest absolute Gasteiger partial charge is 0.150 e. The van der Waals surface area contributed by atoms with Crippen LogP contribution in [0.15, 0.2) is 42.5 Å². The summed E-state index contributed by atoms with van der Waals surface area (Å²) in [6, 6.07) is 13.2. The van der Waals surface area contributed by atoms with E-state index in [-0.39, 0.29) is 0 Å². The second-order valence-corrected chi connectivity index (χ2v) is 4.35. The van der Waals surface area contributed by atoms with Crippen LogP contribution in [0.4, 0.5) is 0 Å². The lowest BCUT2D eigenvalue weighted by molar-refractivity contribution is 0.112. The summed E-state index contributed by atoms with van der Waals surface area (Å²) in [5.41, 5.74) is 3.59. The molecule has 0 aliphatic carbocycles. The molecule has 0 amide bonds. The first kappa shape index (κ1) is 12.8. The summed E-state index contributed by atoms with van der Waals surface area (Å²) in [5.74, 6) is 0. The van der Waals surface area contributed by atoms with E-state index in [9.17, 15) is 4.79 Å². The highest BCUT2D eigenvalue weighted by atomic mass is 35.5. The molecule has 2 rings (SSSR count). The van der Waals surface area contributed by atoms with Gasteiger partial charge in [-0.15, -0.1) is 0 Å². The van der Waals surface area contributed by atoms with E-state index >= 15 is 0 Å². The van der Waals surface area contributed by atoms with Crippen molar-refractivity contribution in [2.45, 2.75) is 6.61 Å². The molecule has 92 valence electrons. The quantitative estimate of drug-likeness (QED) is 0.778. The third kappa shape index (κ3) is 2.61. The van der Waals surface area contributed by atoms with E-state index in [1.165, 1.54) is 0 Å². The van der Waals surface area contributed by atoms with Crippen molar-refractivity contribution in [2.24, 2.45) is 0 Å². The second kappa shape index (κ2) is 5.80. The molecule has 2 nitrogen and oxygen atoms in total. The maximum Gasteiger partial charge on any atom is 0.150 e. The molecule has 0 unspecified atom stereocenters. The van der Waals surface area contributed by atoms with Crippen LogP contribution >= 0.6 is 11.6 Å². The van der Waals surface area contributed by atoms with Gasteiger partial charge in [-0.2, -0.15) is 0 Å². The highest BCUT2D eigenvalue weighted by molar-refractivity contribution is 6.33. The molecule has 0 spiro atoms. The Kier molecular flexibility index (Phi) is 4.13. The van der Waals surface area contributed by atoms with Crippen molar-refractivity contribution < 1.29 is 9.53 Å². The minimum Gasteiger partial charge on any atom is -0.380 e. The van der Waals surface area contributed by atoms with Gasteiger partial charge in [0.15, 0.2) is 0 Å². The maximum atomic E-state index is 10.7. The minimum atomic E-state index is 0.530. The number of halogens is 1. The predicted molar refractivity (Wildman–Crippen MR) is 73.0 cm³/mol. The zero-order chi connectivity index (χ0) is 13.0. The van der Waals surface area contributed by atoms with E-state index < -0.39 is 0 Å². The number of benzene rings is 2. The standard InChI is InChI=1S/C15H13ClO2/c1-18-10-12-4-2-3-5-13(12)14-7-6-11(9-17)8-15(14)16/h2-9H,10H2,1H3. The topological polar surface area (TPSA) is 26.3 Å². The summed E-state index contributed by atoms with van der Waals surface area (Å²) >= 11 is 6.22. The Bertz CT molecular complexity index is 564. The van der Waals surface area contributed by atoms with Crippen molar-refractivity contribution in [2.75, 3.05) is 7.11 Å². The molecule has 0 aliphatic rings. The fraction of sp³-hybridized carbons (Fsp3) is 0.133. The Labute approximate surface area is 111 Å². The Morgan fingerprint density at radius 1 is 1.17 bits per heavy atom. The zero-order valence-electron chi connectivity index (χ0n) is 10.0. The van der Waals surface area contributed by atoms with Gasteiger partial charge in [0.25, 0.3) is 0 Å². The van der Waals surface area contributed by atoms with E-state index in [1.807, 2.05) is 30.3 Å². The van der Waals surface area contributed by atoms with Crippen LogP contribution < -0.4 is 0 Å². The lowest BCUT2D eigenvalue weighted by atomic mass is 9.99. The summed E-state index contributed by atoms with van der Waals surface area (Å²) in [6.45, 7) is 0.530. The van der Waals surface area contributed by atoms with Crippen molar-refractivity contribution in [3.8, 4) is 11.1 Å². The molecule has 0 aliphatic heterocycles. The second-order valence-electron chi connectivity index (χ2n) is 3.95. The zero-order valence-corrected chi connectivity index (χ0v) is 10.8. The van der Waals surface area contributed by atoms with Crippen molar-refractivity contribution in [1.29, 1.82) is 0 Å². The number of rotatable bonds is 4. The Morgan fingerprint density at radius 3 is 2.61 bits per heavy atom. The van der Waals surface area contributed by atoms with E-state index in [0.717, 1.165) is 23.0 Å². The molecule has 0 bridgehead atoms. The Morgan fingerprint density at radius 2 is 1.94 bits per heavy atom. The summed E-state index contributed by atoms with van der Waals surface area (Å²) < 4.78 is 5.18. The summed E-state index contributed by atoms with van der Waals surface area (Å²) in [4.78, 5) is 10.7. The van der Waals surface area contributed by atoms with Crippen LogP contribution in [0.25, 0.3) is 11.1 Å². The van der Waals surface area contributed by atoms with Gasteiger partial charge in [-0.05, 0) is 17.2 Å². The number of ether oxygens (including phenoxy) is 1. The van der Waals surface area contributed by atoms with Crippen molar-refractivity contribution >= 4 is 17.9 Å². The molecular formula is C15H13ClO2. The van der Waals surface area contributed by atoms with Crippen LogP contribution in [0, 0.1) is 0 Å². The lowest BCUT2D eigenvalue weighted by Crippen LogP contribution is -1.93. The molecule has 0 aromatic heterocycles. The van der Waals surface area contributed by atoms with Crippen molar-refractivity contribution in [3.05, 3.63) is 58.6 Å². The lowest BCUT2D eigenvalue weighted by Gasteiger charge is -2.10. The van der Waals surface area contributed by atoms with Gasteiger partial charge in [-0.1, -0.05) is 48.0 Å². The Balaban J connectivity index is 2.51. The summed E-state index contributed by atoms with van der Waals surface area (Å²) in [6.07, 6.45) is 0.788. The van der Waals surface area contributed by atoms with Gasteiger partial charge in [-0.3, -0.25) is 4.79 Å². The Hall–Kier alpha value is -1.64. The fourth-order valence-electron chi connectivity index (χ4n) is 1.89. The first-order chi connectivity index (χ1) is 8.76. The maximum absolute atomic E-state index is 10.7. The van der Waals surface area contributed by atoms with E-state index in [0.29, 0.717) is 17.2 Å². The van der Waals surface area contributed by atoms with Gasteiger partial charge >= 0.3 is 0 Å². The first-order valence-corrected chi connectivity index (χ1v) is 5.96. The van der Waals surface area contributed by atoms with Crippen LogP contribution in [-0.4, -0.2) is 13.4 Å². The van der Waals surface area contributed by atoms with Crippen LogP contribution in [0.3, 0.4) is 0 Å². The largest absolute Gasteiger partial charge is 0.380 e. The number of hydrogen-bond acceptors (Lipinski definition) is 2. The number of carbonyl (C=O) groups excluding carboxylic acids is 1. The van der Waals surface area contributed by atoms with Crippen LogP contribution in [-0.2, 0) is 11.3 Å². The number of aldehydes is 1. The van der Waals surface area contributed by atoms with Crippen LogP contribution in [0.2, 0.25) is 5.02 Å². The highest BCUT2D eigenvalue weighted by Gasteiger charge is 2.08. The van der Waals surface area contributed by atoms with Gasteiger partial charge in [0.1, 0.15) is 6.29 Å². The number of methoxy groups -OCH3 is 1. The molecular weight excluding hydrogens is 248 g/mol. The normalized spacial score (nSPS) is 10.3. The molecule has 0 fully saturated rings. The molecule has 3 heteroatoms. The molecule has 0 heterocycles. The predicted octanol–water partition coefficient (Wildman–Crippen LogP) is 3.97. The molecule has 0 saturated heterocycles. The van der Waals surface area contributed by atoms with Gasteiger partial charge in [0.05, 0.1) is 6.61 Å². The molecule has 2 aromatic rings. The number of hydrogen-bond donors (Lipinski definition) is 0. The fourth-order valence-corrected chi connectivity index (χ4v) is 2.18. The van der Waals surface area contributed by atoms with Gasteiger partial charge in [0.2, 0.25) is 0 Å². The molecule has 0 N–H and O–H groups in total. The van der Waals surface area contributed by atoms with Crippen LogP contribution in [0.5, 0.6) is 0 Å².